The number of aromatic nitrogens is 1. The van der Waals surface area contributed by atoms with Crippen molar-refractivity contribution in [3.63, 3.8) is 0 Å². The molecular formula is C18H21FN4O. The third-order valence-electron chi connectivity index (χ3n) is 5.07. The molecule has 1 aromatic carbocycles. The van der Waals surface area contributed by atoms with Gasteiger partial charge in [-0.2, -0.15) is 0 Å². The zero-order valence-electron chi connectivity index (χ0n) is 13.8. The van der Waals surface area contributed by atoms with E-state index < -0.39 is 0 Å². The van der Waals surface area contributed by atoms with Gasteiger partial charge in [0.25, 0.3) is 0 Å². The first kappa shape index (κ1) is 15.3. The summed E-state index contributed by atoms with van der Waals surface area (Å²) in [6, 6.07) is 3.54. The fourth-order valence-corrected chi connectivity index (χ4v) is 3.43. The smallest absolute Gasteiger partial charge is 0.198 e. The van der Waals surface area contributed by atoms with Crippen LogP contribution >= 0.6 is 0 Å². The van der Waals surface area contributed by atoms with Crippen molar-refractivity contribution in [1.29, 1.82) is 5.41 Å². The fraction of sp³-hybridized carbons (Fsp3) is 0.444. The fourth-order valence-electron chi connectivity index (χ4n) is 3.43. The molecule has 0 unspecified atom stereocenters. The maximum atomic E-state index is 14.7. The standard InChI is InChI=1S/C18H21FN4O/c1-21-4-6-22(7-5-21)17-9-16-14(8-15(17)19)18(24)12(10-20)11-23(16)13-2-3-13/h8-11,13,20H,2-7H2,1H3. The van der Waals surface area contributed by atoms with Crippen LogP contribution in [0.3, 0.4) is 0 Å². The number of piperazine rings is 1. The van der Waals surface area contributed by atoms with Crippen LogP contribution in [-0.2, 0) is 0 Å². The Labute approximate surface area is 139 Å². The van der Waals surface area contributed by atoms with Gasteiger partial charge in [-0.1, -0.05) is 0 Å². The molecule has 0 radical (unpaired) electrons. The van der Waals surface area contributed by atoms with Crippen molar-refractivity contribution in [2.45, 2.75) is 18.9 Å². The first-order chi connectivity index (χ1) is 11.6. The van der Waals surface area contributed by atoms with Gasteiger partial charge in [-0.25, -0.2) is 4.39 Å². The summed E-state index contributed by atoms with van der Waals surface area (Å²) in [4.78, 5) is 16.8. The number of anilines is 1. The molecule has 0 amide bonds. The zero-order chi connectivity index (χ0) is 16.8. The molecule has 1 aliphatic carbocycles. The van der Waals surface area contributed by atoms with Gasteiger partial charge >= 0.3 is 0 Å². The van der Waals surface area contributed by atoms with E-state index in [0.717, 1.165) is 50.8 Å². The van der Waals surface area contributed by atoms with Crippen LogP contribution < -0.4 is 10.3 Å². The van der Waals surface area contributed by atoms with E-state index in [4.69, 9.17) is 5.41 Å². The maximum absolute atomic E-state index is 14.7. The number of nitrogens with zero attached hydrogens (tertiary/aromatic N) is 3. The zero-order valence-corrected chi connectivity index (χ0v) is 13.8. The number of pyridine rings is 1. The lowest BCUT2D eigenvalue weighted by Gasteiger charge is -2.34. The molecule has 4 rings (SSSR count). The Morgan fingerprint density at radius 2 is 1.92 bits per heavy atom. The summed E-state index contributed by atoms with van der Waals surface area (Å²) in [5.74, 6) is -0.353. The second-order valence-corrected chi connectivity index (χ2v) is 6.81. The molecule has 5 nitrogen and oxygen atoms in total. The number of fused-ring (bicyclic) bond motifs is 1. The lowest BCUT2D eigenvalue weighted by molar-refractivity contribution is 0.312. The van der Waals surface area contributed by atoms with Gasteiger partial charge in [0, 0.05) is 50.0 Å². The Kier molecular flexibility index (Phi) is 3.64. The molecule has 126 valence electrons. The molecule has 2 aliphatic rings. The summed E-state index contributed by atoms with van der Waals surface area (Å²) in [6.07, 6.45) is 4.95. The Morgan fingerprint density at radius 3 is 2.54 bits per heavy atom. The van der Waals surface area contributed by atoms with E-state index in [9.17, 15) is 9.18 Å². The van der Waals surface area contributed by atoms with Crippen LogP contribution in [0.1, 0.15) is 24.4 Å². The molecule has 0 bridgehead atoms. The van der Waals surface area contributed by atoms with Gasteiger partial charge in [0.2, 0.25) is 0 Å². The van der Waals surface area contributed by atoms with E-state index in [1.165, 1.54) is 6.07 Å². The predicted octanol–water partition coefficient (Wildman–Crippen LogP) is 2.22. The summed E-state index contributed by atoms with van der Waals surface area (Å²) in [7, 11) is 2.07. The molecule has 2 heterocycles. The van der Waals surface area contributed by atoms with E-state index in [2.05, 4.69) is 21.4 Å². The van der Waals surface area contributed by atoms with Gasteiger partial charge in [-0.05, 0) is 32.0 Å². The Bertz CT molecular complexity index is 863. The van der Waals surface area contributed by atoms with Gasteiger partial charge in [0.05, 0.1) is 16.8 Å². The van der Waals surface area contributed by atoms with E-state index in [1.807, 2.05) is 6.07 Å². The molecule has 1 N–H and O–H groups in total. The van der Waals surface area contributed by atoms with Crippen LogP contribution in [0.15, 0.2) is 23.1 Å². The molecule has 2 fully saturated rings. The highest BCUT2D eigenvalue weighted by Gasteiger charge is 2.27. The van der Waals surface area contributed by atoms with Crippen molar-refractivity contribution in [2.24, 2.45) is 0 Å². The van der Waals surface area contributed by atoms with Crippen LogP contribution in [0, 0.1) is 11.2 Å². The number of hydrogen-bond acceptors (Lipinski definition) is 4. The summed E-state index contributed by atoms with van der Waals surface area (Å²) in [5, 5.41) is 7.82. The van der Waals surface area contributed by atoms with Gasteiger partial charge in [0.15, 0.2) is 5.43 Å². The number of rotatable bonds is 3. The molecule has 0 atom stereocenters. The molecular weight excluding hydrogens is 307 g/mol. The average Bonchev–Trinajstić information content (AvgIpc) is 3.41. The topological polar surface area (TPSA) is 52.3 Å². The van der Waals surface area contributed by atoms with Crippen molar-refractivity contribution in [3.05, 3.63) is 39.9 Å². The van der Waals surface area contributed by atoms with Gasteiger partial charge in [-0.15, -0.1) is 0 Å². The third-order valence-corrected chi connectivity index (χ3v) is 5.07. The minimum absolute atomic E-state index is 0.263. The Hall–Kier alpha value is -2.21. The largest absolute Gasteiger partial charge is 0.367 e. The van der Waals surface area contributed by atoms with Crippen LogP contribution in [0.25, 0.3) is 10.9 Å². The summed E-state index contributed by atoms with van der Waals surface area (Å²) in [5.41, 5.74) is 1.41. The highest BCUT2D eigenvalue weighted by atomic mass is 19.1. The lowest BCUT2D eigenvalue weighted by atomic mass is 10.1. The first-order valence-corrected chi connectivity index (χ1v) is 8.41. The highest BCUT2D eigenvalue weighted by molar-refractivity contribution is 5.89. The van der Waals surface area contributed by atoms with Crippen LogP contribution in [0.5, 0.6) is 0 Å². The average molecular weight is 328 g/mol. The third kappa shape index (κ3) is 2.51. The number of nitrogens with one attached hydrogen (secondary N) is 1. The molecule has 1 saturated carbocycles. The number of benzene rings is 1. The molecule has 24 heavy (non-hydrogen) atoms. The van der Waals surface area contributed by atoms with Crippen molar-refractivity contribution in [3.8, 4) is 0 Å². The maximum Gasteiger partial charge on any atom is 0.198 e. The van der Waals surface area contributed by atoms with Crippen LogP contribution in [0.4, 0.5) is 10.1 Å². The van der Waals surface area contributed by atoms with Crippen molar-refractivity contribution < 1.29 is 4.39 Å². The monoisotopic (exact) mass is 328 g/mol. The normalized spacial score (nSPS) is 19.0. The minimum atomic E-state index is -0.353. The molecule has 1 aliphatic heterocycles. The second kappa shape index (κ2) is 5.70. The predicted molar refractivity (Wildman–Crippen MR) is 94.0 cm³/mol. The van der Waals surface area contributed by atoms with E-state index in [0.29, 0.717) is 22.7 Å². The van der Waals surface area contributed by atoms with E-state index >= 15 is 0 Å². The van der Waals surface area contributed by atoms with E-state index in [1.54, 1.807) is 6.20 Å². The molecule has 2 aromatic rings. The van der Waals surface area contributed by atoms with Crippen LogP contribution in [-0.4, -0.2) is 48.9 Å². The highest BCUT2D eigenvalue weighted by Crippen LogP contribution is 2.38. The number of halogens is 1. The van der Waals surface area contributed by atoms with Gasteiger partial charge in [0.1, 0.15) is 5.82 Å². The summed E-state index contributed by atoms with van der Waals surface area (Å²) in [6.45, 7) is 3.37. The minimum Gasteiger partial charge on any atom is -0.367 e. The number of likely N-dealkylation sites (N-methyl/N-ethyl adjacent to an activating group) is 1. The Balaban J connectivity index is 1.88. The first-order valence-electron chi connectivity index (χ1n) is 8.41. The molecule has 0 spiro atoms. The van der Waals surface area contributed by atoms with Crippen LogP contribution in [0.2, 0.25) is 0 Å². The summed E-state index contributed by atoms with van der Waals surface area (Å²) < 4.78 is 16.8. The van der Waals surface area contributed by atoms with Crippen molar-refractivity contribution in [1.82, 2.24) is 9.47 Å². The molecule has 1 aromatic heterocycles. The number of hydrogen-bond donors (Lipinski definition) is 1. The van der Waals surface area contributed by atoms with Crippen molar-refractivity contribution >= 4 is 22.8 Å². The second-order valence-electron chi connectivity index (χ2n) is 6.81. The van der Waals surface area contributed by atoms with Gasteiger partial charge < -0.3 is 19.8 Å². The lowest BCUT2D eigenvalue weighted by Crippen LogP contribution is -2.44. The SMILES string of the molecule is CN1CCN(c2cc3c(cc2F)c(=O)c(C=N)cn3C2CC2)CC1. The summed E-state index contributed by atoms with van der Waals surface area (Å²) >= 11 is 0. The quantitative estimate of drug-likeness (QED) is 0.879. The Morgan fingerprint density at radius 1 is 1.21 bits per heavy atom. The molecule has 6 heteroatoms. The van der Waals surface area contributed by atoms with E-state index in [-0.39, 0.29) is 11.2 Å². The molecule has 1 saturated heterocycles. The van der Waals surface area contributed by atoms with Gasteiger partial charge in [-0.3, -0.25) is 4.79 Å². The van der Waals surface area contributed by atoms with Crippen molar-refractivity contribution in [2.75, 3.05) is 38.1 Å².